The van der Waals surface area contributed by atoms with E-state index in [-0.39, 0.29) is 0 Å². The van der Waals surface area contributed by atoms with Crippen LogP contribution in [-0.2, 0) is 0 Å². The highest BCUT2D eigenvalue weighted by Gasteiger charge is 2.13. The molecule has 1 fully saturated rings. The van der Waals surface area contributed by atoms with Crippen LogP contribution in [0.1, 0.15) is 12.8 Å². The van der Waals surface area contributed by atoms with E-state index in [0.29, 0.717) is 0 Å². The molecule has 0 amide bonds. The summed E-state index contributed by atoms with van der Waals surface area (Å²) in [6.07, 6.45) is 6.51. The van der Waals surface area contributed by atoms with Crippen molar-refractivity contribution in [2.24, 2.45) is 5.92 Å². The molecule has 1 aliphatic heterocycles. The number of nitrogens with one attached hydrogen (secondary N) is 1. The van der Waals surface area contributed by atoms with Crippen molar-refractivity contribution in [1.29, 1.82) is 0 Å². The van der Waals surface area contributed by atoms with Crippen molar-refractivity contribution in [1.82, 2.24) is 15.3 Å². The van der Waals surface area contributed by atoms with Crippen LogP contribution in [0.4, 0.5) is 0 Å². The van der Waals surface area contributed by atoms with Gasteiger partial charge < -0.3 is 5.32 Å². The molecule has 2 heterocycles. The monoisotopic (exact) mass is 255 g/mol. The van der Waals surface area contributed by atoms with E-state index in [1.54, 1.807) is 11.8 Å². The molecular formula is C11H17N3S2. The minimum atomic E-state index is 0.798. The van der Waals surface area contributed by atoms with Crippen molar-refractivity contribution in [3.8, 4) is 0 Å². The van der Waals surface area contributed by atoms with E-state index in [9.17, 15) is 0 Å². The third-order valence-electron chi connectivity index (χ3n) is 2.66. The molecule has 1 N–H and O–H groups in total. The Kier molecular flexibility index (Phi) is 4.93. The van der Waals surface area contributed by atoms with Gasteiger partial charge >= 0.3 is 0 Å². The number of nitrogens with zero attached hydrogens (tertiary/aromatic N) is 2. The third kappa shape index (κ3) is 3.64. The van der Waals surface area contributed by atoms with Gasteiger partial charge in [0.1, 0.15) is 5.03 Å². The van der Waals surface area contributed by atoms with Crippen molar-refractivity contribution in [2.45, 2.75) is 23.0 Å². The molecular weight excluding hydrogens is 238 g/mol. The van der Waals surface area contributed by atoms with Gasteiger partial charge in [0.05, 0.1) is 0 Å². The average molecular weight is 255 g/mol. The van der Waals surface area contributed by atoms with Crippen molar-refractivity contribution >= 4 is 23.5 Å². The lowest BCUT2D eigenvalue weighted by molar-refractivity contribution is 0.410. The average Bonchev–Trinajstić information content (AvgIpc) is 2.38. The highest BCUT2D eigenvalue weighted by atomic mass is 32.2. The smallest absolute Gasteiger partial charge is 0.188 e. The van der Waals surface area contributed by atoms with E-state index in [1.807, 2.05) is 30.3 Å². The molecule has 88 valence electrons. The van der Waals surface area contributed by atoms with E-state index < -0.39 is 0 Å². The highest BCUT2D eigenvalue weighted by molar-refractivity contribution is 7.99. The summed E-state index contributed by atoms with van der Waals surface area (Å²) in [5, 5.41) is 5.41. The Bertz CT molecular complexity index is 327. The lowest BCUT2D eigenvalue weighted by Gasteiger charge is -2.21. The Morgan fingerprint density at radius 2 is 2.50 bits per heavy atom. The number of hydrogen-bond acceptors (Lipinski definition) is 5. The first-order valence-corrected chi connectivity index (χ1v) is 7.80. The quantitative estimate of drug-likeness (QED) is 0.507. The molecule has 0 bridgehead atoms. The van der Waals surface area contributed by atoms with Crippen LogP contribution in [0.15, 0.2) is 22.4 Å². The molecule has 0 radical (unpaired) electrons. The van der Waals surface area contributed by atoms with Crippen LogP contribution < -0.4 is 5.32 Å². The third-order valence-corrected chi connectivity index (χ3v) is 4.38. The van der Waals surface area contributed by atoms with Gasteiger partial charge in [-0.3, -0.25) is 0 Å². The second-order valence-corrected chi connectivity index (χ2v) is 5.72. The predicted octanol–water partition coefficient (Wildman–Crippen LogP) is 2.29. The van der Waals surface area contributed by atoms with Gasteiger partial charge in [-0.15, -0.1) is 11.8 Å². The Hall–Kier alpha value is -0.260. The van der Waals surface area contributed by atoms with Gasteiger partial charge in [0, 0.05) is 11.9 Å². The van der Waals surface area contributed by atoms with E-state index in [1.165, 1.54) is 19.4 Å². The molecule has 1 aliphatic rings. The fourth-order valence-electron chi connectivity index (χ4n) is 1.77. The van der Waals surface area contributed by atoms with Crippen molar-refractivity contribution < 1.29 is 0 Å². The summed E-state index contributed by atoms with van der Waals surface area (Å²) in [5.74, 6) is 1.96. The minimum absolute atomic E-state index is 0.798. The van der Waals surface area contributed by atoms with Gasteiger partial charge in [-0.05, 0) is 44.2 Å². The highest BCUT2D eigenvalue weighted by Crippen LogP contribution is 2.23. The number of thioether (sulfide) groups is 2. The van der Waals surface area contributed by atoms with E-state index in [4.69, 9.17) is 0 Å². The lowest BCUT2D eigenvalue weighted by Crippen LogP contribution is -2.30. The molecule has 2 rings (SSSR count). The molecule has 1 saturated heterocycles. The number of aromatic nitrogens is 2. The fraction of sp³-hybridized carbons (Fsp3) is 0.636. The Balaban J connectivity index is 1.83. The fourth-order valence-corrected chi connectivity index (χ4v) is 3.19. The largest absolute Gasteiger partial charge is 0.316 e. The summed E-state index contributed by atoms with van der Waals surface area (Å²) in [4.78, 5) is 8.65. The Morgan fingerprint density at radius 3 is 3.25 bits per heavy atom. The zero-order valence-electron chi connectivity index (χ0n) is 9.48. The lowest BCUT2D eigenvalue weighted by atomic mass is 10.0. The van der Waals surface area contributed by atoms with Gasteiger partial charge in [0.15, 0.2) is 5.16 Å². The second-order valence-electron chi connectivity index (χ2n) is 3.90. The van der Waals surface area contributed by atoms with Crippen LogP contribution in [0.5, 0.6) is 0 Å². The number of hydrogen-bond donors (Lipinski definition) is 1. The van der Waals surface area contributed by atoms with Crippen LogP contribution in [0.25, 0.3) is 0 Å². The summed E-state index contributed by atoms with van der Waals surface area (Å²) in [7, 11) is 0. The van der Waals surface area contributed by atoms with Gasteiger partial charge in [-0.1, -0.05) is 11.8 Å². The first-order valence-electron chi connectivity index (χ1n) is 5.59. The zero-order valence-corrected chi connectivity index (χ0v) is 11.1. The van der Waals surface area contributed by atoms with Crippen LogP contribution in [0.2, 0.25) is 0 Å². The molecule has 3 nitrogen and oxygen atoms in total. The van der Waals surface area contributed by atoms with Crippen molar-refractivity contribution in [3.63, 3.8) is 0 Å². The van der Waals surface area contributed by atoms with Gasteiger partial charge in [0.2, 0.25) is 0 Å². The van der Waals surface area contributed by atoms with Crippen LogP contribution in [0.3, 0.4) is 0 Å². The van der Waals surface area contributed by atoms with Crippen molar-refractivity contribution in [3.05, 3.63) is 12.3 Å². The molecule has 0 spiro atoms. The molecule has 0 saturated carbocycles. The molecule has 1 unspecified atom stereocenters. The molecule has 1 aromatic heterocycles. The normalized spacial score (nSPS) is 20.9. The molecule has 1 atom stereocenters. The van der Waals surface area contributed by atoms with Crippen LogP contribution in [0, 0.1) is 5.92 Å². The number of rotatable bonds is 4. The zero-order chi connectivity index (χ0) is 11.2. The standard InChI is InChI=1S/C11H17N3S2/c1-15-11-13-6-4-10(14-11)16-8-9-3-2-5-12-7-9/h4,6,9,12H,2-3,5,7-8H2,1H3. The summed E-state index contributed by atoms with van der Waals surface area (Å²) in [5.41, 5.74) is 0. The molecule has 0 aromatic carbocycles. The van der Waals surface area contributed by atoms with Gasteiger partial charge in [-0.25, -0.2) is 9.97 Å². The van der Waals surface area contributed by atoms with Crippen LogP contribution in [-0.4, -0.2) is 35.1 Å². The van der Waals surface area contributed by atoms with Gasteiger partial charge in [0.25, 0.3) is 0 Å². The second kappa shape index (κ2) is 6.47. The summed E-state index contributed by atoms with van der Waals surface area (Å²) in [6.45, 7) is 2.35. The maximum absolute atomic E-state index is 4.47. The first kappa shape index (κ1) is 12.2. The Labute approximate surface area is 105 Å². The van der Waals surface area contributed by atoms with E-state index >= 15 is 0 Å². The summed E-state index contributed by atoms with van der Waals surface area (Å²) < 4.78 is 0. The molecule has 0 aliphatic carbocycles. The van der Waals surface area contributed by atoms with E-state index in [2.05, 4.69) is 15.3 Å². The minimum Gasteiger partial charge on any atom is -0.316 e. The van der Waals surface area contributed by atoms with Crippen molar-refractivity contribution in [2.75, 3.05) is 25.1 Å². The number of piperidine rings is 1. The maximum Gasteiger partial charge on any atom is 0.188 e. The van der Waals surface area contributed by atoms with Crippen LogP contribution >= 0.6 is 23.5 Å². The van der Waals surface area contributed by atoms with Gasteiger partial charge in [-0.2, -0.15) is 0 Å². The molecule has 1 aromatic rings. The molecule has 16 heavy (non-hydrogen) atoms. The summed E-state index contributed by atoms with van der Waals surface area (Å²) >= 11 is 3.45. The molecule has 5 heteroatoms. The summed E-state index contributed by atoms with van der Waals surface area (Å²) in [6, 6.07) is 2.00. The Morgan fingerprint density at radius 1 is 1.56 bits per heavy atom. The first-order chi connectivity index (χ1) is 7.88. The predicted molar refractivity (Wildman–Crippen MR) is 70.1 cm³/mol. The topological polar surface area (TPSA) is 37.8 Å². The van der Waals surface area contributed by atoms with E-state index in [0.717, 1.165) is 28.4 Å². The SMILES string of the molecule is CSc1nccc(SCC2CCCNC2)n1. The maximum atomic E-state index is 4.47.